The normalized spacial score (nSPS) is 20.8. The monoisotopic (exact) mass is 450 g/mol. The highest BCUT2D eigenvalue weighted by Gasteiger charge is 2.34. The number of hydrogen-bond donors (Lipinski definition) is 0. The highest BCUT2D eigenvalue weighted by molar-refractivity contribution is 7.89. The molecule has 0 aromatic heterocycles. The van der Waals surface area contributed by atoms with Gasteiger partial charge in [0, 0.05) is 26.2 Å². The van der Waals surface area contributed by atoms with Crippen LogP contribution in [0.15, 0.2) is 29.2 Å². The van der Waals surface area contributed by atoms with E-state index in [4.69, 9.17) is 4.74 Å². The largest absolute Gasteiger partial charge is 0.416 e. The maximum Gasteiger partial charge on any atom is 0.416 e. The van der Waals surface area contributed by atoms with Crippen molar-refractivity contribution in [1.29, 1.82) is 0 Å². The van der Waals surface area contributed by atoms with Crippen molar-refractivity contribution >= 4 is 10.0 Å². The molecule has 30 heavy (non-hydrogen) atoms. The van der Waals surface area contributed by atoms with Crippen LogP contribution in [0, 0.1) is 0 Å². The second kappa shape index (κ2) is 10.9. The molecule has 0 spiro atoms. The molecule has 2 rings (SSSR count). The molecule has 1 aromatic carbocycles. The zero-order valence-corrected chi connectivity index (χ0v) is 18.8. The molecule has 0 bridgehead atoms. The van der Waals surface area contributed by atoms with Crippen LogP contribution in [-0.2, 0) is 20.9 Å². The number of halogens is 3. The van der Waals surface area contributed by atoms with E-state index < -0.39 is 21.8 Å². The van der Waals surface area contributed by atoms with Crippen molar-refractivity contribution < 1.29 is 26.3 Å². The third kappa shape index (κ3) is 6.67. The number of ether oxygens (including phenoxy) is 1. The third-order valence-corrected chi connectivity index (χ3v) is 7.81. The molecule has 0 saturated heterocycles. The van der Waals surface area contributed by atoms with E-state index in [1.54, 1.807) is 0 Å². The van der Waals surface area contributed by atoms with Crippen molar-refractivity contribution in [2.45, 2.75) is 69.2 Å². The lowest BCUT2D eigenvalue weighted by atomic mass is 9.93. The van der Waals surface area contributed by atoms with E-state index in [1.165, 1.54) is 11.4 Å². The van der Waals surface area contributed by atoms with Crippen LogP contribution < -0.4 is 0 Å². The average molecular weight is 451 g/mol. The van der Waals surface area contributed by atoms with Crippen LogP contribution in [-0.4, -0.2) is 63.1 Å². The summed E-state index contributed by atoms with van der Waals surface area (Å²) < 4.78 is 71.0. The van der Waals surface area contributed by atoms with E-state index in [1.807, 2.05) is 0 Å². The van der Waals surface area contributed by atoms with Gasteiger partial charge in [0.15, 0.2) is 0 Å². The summed E-state index contributed by atoms with van der Waals surface area (Å²) in [5.74, 6) is 0. The van der Waals surface area contributed by atoms with Gasteiger partial charge in [-0.2, -0.15) is 17.5 Å². The first-order valence-corrected chi connectivity index (χ1v) is 12.0. The van der Waals surface area contributed by atoms with Gasteiger partial charge in [-0.05, 0) is 69.5 Å². The minimum atomic E-state index is -4.49. The predicted octanol–water partition coefficient (Wildman–Crippen LogP) is 4.39. The number of rotatable bonds is 10. The van der Waals surface area contributed by atoms with Gasteiger partial charge in [-0.15, -0.1) is 0 Å². The fourth-order valence-corrected chi connectivity index (χ4v) is 5.25. The quantitative estimate of drug-likeness (QED) is 0.496. The molecule has 1 fully saturated rings. The summed E-state index contributed by atoms with van der Waals surface area (Å²) in [7, 11) is -2.33. The van der Waals surface area contributed by atoms with Gasteiger partial charge in [0.2, 0.25) is 10.0 Å². The summed E-state index contributed by atoms with van der Waals surface area (Å²) in [5.41, 5.74) is -0.859. The topological polar surface area (TPSA) is 49.9 Å². The van der Waals surface area contributed by atoms with Crippen molar-refractivity contribution in [2.24, 2.45) is 0 Å². The molecular formula is C21H33F3N2O3S. The summed E-state index contributed by atoms with van der Waals surface area (Å²) in [6.45, 7) is 8.05. The van der Waals surface area contributed by atoms with Gasteiger partial charge >= 0.3 is 6.18 Å². The van der Waals surface area contributed by atoms with E-state index in [0.29, 0.717) is 19.4 Å². The van der Waals surface area contributed by atoms with Crippen LogP contribution in [0.25, 0.3) is 0 Å². The first-order valence-electron chi connectivity index (χ1n) is 10.6. The third-order valence-electron chi connectivity index (χ3n) is 5.88. The molecule has 0 amide bonds. The lowest BCUT2D eigenvalue weighted by molar-refractivity contribution is -0.137. The molecule has 9 heteroatoms. The van der Waals surface area contributed by atoms with Crippen LogP contribution in [0.2, 0.25) is 0 Å². The van der Waals surface area contributed by atoms with Crippen LogP contribution in [0.3, 0.4) is 0 Å². The first-order chi connectivity index (χ1) is 14.1. The van der Waals surface area contributed by atoms with Gasteiger partial charge in [-0.25, -0.2) is 8.42 Å². The minimum absolute atomic E-state index is 0.118. The van der Waals surface area contributed by atoms with E-state index >= 15 is 0 Å². The zero-order chi connectivity index (χ0) is 22.4. The predicted molar refractivity (Wildman–Crippen MR) is 111 cm³/mol. The Hall–Kier alpha value is -1.16. The Morgan fingerprint density at radius 3 is 2.10 bits per heavy atom. The van der Waals surface area contributed by atoms with Crippen molar-refractivity contribution in [3.63, 3.8) is 0 Å². The maximum atomic E-state index is 12.8. The Kier molecular flexibility index (Phi) is 9.14. The van der Waals surface area contributed by atoms with E-state index in [2.05, 4.69) is 18.7 Å². The summed E-state index contributed by atoms with van der Waals surface area (Å²) in [6.07, 6.45) is -0.457. The minimum Gasteiger partial charge on any atom is -0.378 e. The van der Waals surface area contributed by atoms with Crippen LogP contribution in [0.5, 0.6) is 0 Å². The molecule has 1 aliphatic rings. The molecule has 0 atom stereocenters. The summed E-state index contributed by atoms with van der Waals surface area (Å²) in [5, 5.41) is 0. The fourth-order valence-electron chi connectivity index (χ4n) is 3.83. The molecule has 1 saturated carbocycles. The molecule has 0 unspecified atom stereocenters. The molecule has 5 nitrogen and oxygen atoms in total. The number of sulfonamides is 1. The number of nitrogens with zero attached hydrogens (tertiary/aromatic N) is 2. The van der Waals surface area contributed by atoms with Gasteiger partial charge in [-0.3, -0.25) is 0 Å². The standard InChI is InChI=1S/C21H33F3N2O3S/c1-4-26(5-2)15-6-16-29-19-11-9-18(10-12-19)25(3)30(27,28)20-13-7-17(8-14-20)21(22,23)24/h7-8,13-14,18-19H,4-6,9-12,15-16H2,1-3H3. The number of hydrogen-bond acceptors (Lipinski definition) is 4. The van der Waals surface area contributed by atoms with E-state index in [0.717, 1.165) is 63.2 Å². The lowest BCUT2D eigenvalue weighted by Gasteiger charge is -2.34. The second-order valence-electron chi connectivity index (χ2n) is 7.73. The molecule has 0 aliphatic heterocycles. The van der Waals surface area contributed by atoms with Crippen LogP contribution in [0.1, 0.15) is 51.5 Å². The van der Waals surface area contributed by atoms with Gasteiger partial charge in [0.1, 0.15) is 0 Å². The first kappa shape index (κ1) is 25.1. The molecule has 1 aromatic rings. The molecule has 1 aliphatic carbocycles. The van der Waals surface area contributed by atoms with Gasteiger partial charge < -0.3 is 9.64 Å². The van der Waals surface area contributed by atoms with E-state index in [9.17, 15) is 21.6 Å². The highest BCUT2D eigenvalue weighted by Crippen LogP contribution is 2.32. The maximum absolute atomic E-state index is 12.8. The fraction of sp³-hybridized carbons (Fsp3) is 0.714. The molecule has 0 radical (unpaired) electrons. The van der Waals surface area contributed by atoms with Gasteiger partial charge in [-0.1, -0.05) is 13.8 Å². The number of benzene rings is 1. The highest BCUT2D eigenvalue weighted by atomic mass is 32.2. The Balaban J connectivity index is 1.84. The number of alkyl halides is 3. The van der Waals surface area contributed by atoms with E-state index in [-0.39, 0.29) is 17.0 Å². The Bertz CT molecular complexity index is 742. The smallest absolute Gasteiger partial charge is 0.378 e. The van der Waals surface area contributed by atoms with Crippen molar-refractivity contribution in [1.82, 2.24) is 9.21 Å². The van der Waals surface area contributed by atoms with Crippen LogP contribution >= 0.6 is 0 Å². The molecule has 0 heterocycles. The van der Waals surface area contributed by atoms with Crippen LogP contribution in [0.4, 0.5) is 13.2 Å². The van der Waals surface area contributed by atoms with Gasteiger partial charge in [0.05, 0.1) is 16.6 Å². The van der Waals surface area contributed by atoms with Crippen molar-refractivity contribution in [2.75, 3.05) is 33.3 Å². The Morgan fingerprint density at radius 1 is 1.03 bits per heavy atom. The molecule has 0 N–H and O–H groups in total. The molecule has 172 valence electrons. The SMILES string of the molecule is CCN(CC)CCCOC1CCC(N(C)S(=O)(=O)c2ccc(C(F)(F)F)cc2)CC1. The van der Waals surface area contributed by atoms with Gasteiger partial charge in [0.25, 0.3) is 0 Å². The second-order valence-corrected chi connectivity index (χ2v) is 9.72. The van der Waals surface area contributed by atoms with Crippen molar-refractivity contribution in [3.05, 3.63) is 29.8 Å². The zero-order valence-electron chi connectivity index (χ0n) is 18.0. The Labute approximate surface area is 178 Å². The Morgan fingerprint density at radius 2 is 1.60 bits per heavy atom. The van der Waals surface area contributed by atoms with Crippen molar-refractivity contribution in [3.8, 4) is 0 Å². The average Bonchev–Trinajstić information content (AvgIpc) is 2.73. The summed E-state index contributed by atoms with van der Waals surface area (Å²) in [6, 6.07) is 3.50. The lowest BCUT2D eigenvalue weighted by Crippen LogP contribution is -2.40. The summed E-state index contributed by atoms with van der Waals surface area (Å²) >= 11 is 0. The summed E-state index contributed by atoms with van der Waals surface area (Å²) in [4.78, 5) is 2.23. The molecular weight excluding hydrogens is 417 g/mol.